The molecule has 0 aromatic rings. The first-order valence-corrected chi connectivity index (χ1v) is 8.54. The molecule has 1 aliphatic rings. The van der Waals surface area contributed by atoms with Gasteiger partial charge in [-0.25, -0.2) is 9.36 Å². The van der Waals surface area contributed by atoms with Gasteiger partial charge in [0.15, 0.2) is 0 Å². The van der Waals surface area contributed by atoms with E-state index in [2.05, 4.69) is 0 Å². The van der Waals surface area contributed by atoms with Crippen LogP contribution in [-0.2, 0) is 23.1 Å². The summed E-state index contributed by atoms with van der Waals surface area (Å²) in [6.07, 6.45) is 2.84. The van der Waals surface area contributed by atoms with Gasteiger partial charge in [0, 0.05) is 17.8 Å². The summed E-state index contributed by atoms with van der Waals surface area (Å²) in [5, 5.41) is 0. The van der Waals surface area contributed by atoms with E-state index in [0.29, 0.717) is 18.7 Å². The van der Waals surface area contributed by atoms with Crippen molar-refractivity contribution in [2.75, 3.05) is 19.8 Å². The number of esters is 1. The Morgan fingerprint density at radius 1 is 1.30 bits per heavy atom. The van der Waals surface area contributed by atoms with Gasteiger partial charge in [-0.3, -0.25) is 13.7 Å². The van der Waals surface area contributed by atoms with Gasteiger partial charge in [-0.15, -0.1) is 0 Å². The van der Waals surface area contributed by atoms with Crippen LogP contribution >= 0.6 is 7.75 Å². The molecule has 0 aromatic heterocycles. The van der Waals surface area contributed by atoms with Crippen molar-refractivity contribution in [2.24, 2.45) is 0 Å². The van der Waals surface area contributed by atoms with E-state index in [1.54, 1.807) is 25.4 Å². The molecule has 0 aliphatic carbocycles. The summed E-state index contributed by atoms with van der Waals surface area (Å²) in [4.78, 5) is 11.6. The van der Waals surface area contributed by atoms with Gasteiger partial charge < -0.3 is 4.74 Å². The zero-order valence-corrected chi connectivity index (χ0v) is 13.5. The Hall–Kier alpha value is -0.840. The Balaban J connectivity index is 3.02. The maximum atomic E-state index is 12.9. The van der Waals surface area contributed by atoms with E-state index >= 15 is 0 Å². The van der Waals surface area contributed by atoms with E-state index in [4.69, 9.17) is 13.8 Å². The maximum Gasteiger partial charge on any atom is 0.435 e. The van der Waals surface area contributed by atoms with Crippen LogP contribution in [0.1, 0.15) is 40.5 Å². The van der Waals surface area contributed by atoms with Crippen molar-refractivity contribution in [1.82, 2.24) is 4.67 Å². The third-order valence-corrected chi connectivity index (χ3v) is 5.30. The van der Waals surface area contributed by atoms with Gasteiger partial charge in [0.25, 0.3) is 0 Å². The minimum atomic E-state index is -3.40. The molecule has 1 saturated heterocycles. The molecule has 0 saturated carbocycles. The van der Waals surface area contributed by atoms with Gasteiger partial charge in [0.1, 0.15) is 0 Å². The average Bonchev–Trinajstić information content (AvgIpc) is 2.71. The summed E-state index contributed by atoms with van der Waals surface area (Å²) in [6, 6.07) is -0.000361. The molecule has 6 nitrogen and oxygen atoms in total. The summed E-state index contributed by atoms with van der Waals surface area (Å²) in [7, 11) is -3.40. The summed E-state index contributed by atoms with van der Waals surface area (Å²) in [5.74, 6) is -0.429. The number of nitrogens with zero attached hydrogens (tertiary/aromatic N) is 1. The topological polar surface area (TPSA) is 65.1 Å². The molecular formula is C13H24NO5P. The highest BCUT2D eigenvalue weighted by molar-refractivity contribution is 7.51. The first-order valence-electron chi connectivity index (χ1n) is 7.04. The Bertz CT molecular complexity index is 400. The standard InChI is InChI=1S/C13H24NO5P/c1-5-17-13(15)10-12-9-8-11(4)14(12)20(16,18-6-2)19-7-3/h10-11H,5-9H2,1-4H3/b12-10+. The minimum absolute atomic E-state index is 0.000361. The van der Waals surface area contributed by atoms with Crippen molar-refractivity contribution >= 4 is 13.7 Å². The third kappa shape index (κ3) is 4.08. The molecule has 0 N–H and O–H groups in total. The zero-order chi connectivity index (χ0) is 15.2. The lowest BCUT2D eigenvalue weighted by Gasteiger charge is -2.31. The predicted molar refractivity (Wildman–Crippen MR) is 76.1 cm³/mol. The largest absolute Gasteiger partial charge is 0.463 e. The fourth-order valence-electron chi connectivity index (χ4n) is 2.22. The van der Waals surface area contributed by atoms with Crippen molar-refractivity contribution in [3.8, 4) is 0 Å². The summed E-state index contributed by atoms with van der Waals surface area (Å²) < 4.78 is 30.1. The Morgan fingerprint density at radius 3 is 2.40 bits per heavy atom. The molecule has 0 amide bonds. The molecule has 7 heteroatoms. The van der Waals surface area contributed by atoms with Gasteiger partial charge in [-0.05, 0) is 40.5 Å². The Labute approximate surface area is 120 Å². The predicted octanol–water partition coefficient (Wildman–Crippen LogP) is 3.10. The van der Waals surface area contributed by atoms with E-state index in [1.165, 1.54) is 6.08 Å². The van der Waals surface area contributed by atoms with Gasteiger partial charge >= 0.3 is 13.7 Å². The van der Waals surface area contributed by atoms with E-state index in [-0.39, 0.29) is 19.3 Å². The van der Waals surface area contributed by atoms with Crippen LogP contribution in [-0.4, -0.2) is 36.5 Å². The number of carbonyl (C=O) groups is 1. The van der Waals surface area contributed by atoms with Gasteiger partial charge in [0.05, 0.1) is 19.8 Å². The lowest BCUT2D eigenvalue weighted by atomic mass is 10.2. The van der Waals surface area contributed by atoms with Crippen LogP contribution in [0.3, 0.4) is 0 Å². The normalized spacial score (nSPS) is 21.5. The second-order valence-electron chi connectivity index (χ2n) is 4.42. The molecule has 1 fully saturated rings. The van der Waals surface area contributed by atoms with Crippen LogP contribution in [0, 0.1) is 0 Å². The molecule has 1 atom stereocenters. The molecule has 1 rings (SSSR count). The van der Waals surface area contributed by atoms with Crippen molar-refractivity contribution in [3.63, 3.8) is 0 Å². The Kier molecular flexibility index (Phi) is 6.72. The molecule has 0 spiro atoms. The van der Waals surface area contributed by atoms with Gasteiger partial charge in [-0.1, -0.05) is 0 Å². The van der Waals surface area contributed by atoms with Crippen molar-refractivity contribution in [3.05, 3.63) is 11.8 Å². The summed E-state index contributed by atoms with van der Waals surface area (Å²) in [5.41, 5.74) is 0.654. The number of carbonyl (C=O) groups excluding carboxylic acids is 1. The van der Waals surface area contributed by atoms with Crippen molar-refractivity contribution in [1.29, 1.82) is 0 Å². The van der Waals surface area contributed by atoms with E-state index in [9.17, 15) is 9.36 Å². The first-order chi connectivity index (χ1) is 9.48. The summed E-state index contributed by atoms with van der Waals surface area (Å²) >= 11 is 0. The number of ether oxygens (including phenoxy) is 1. The number of allylic oxidation sites excluding steroid dienone is 1. The highest BCUT2D eigenvalue weighted by atomic mass is 31.2. The van der Waals surface area contributed by atoms with Crippen LogP contribution in [0.2, 0.25) is 0 Å². The molecular weight excluding hydrogens is 281 g/mol. The summed E-state index contributed by atoms with van der Waals surface area (Å²) in [6.45, 7) is 8.10. The third-order valence-electron chi connectivity index (χ3n) is 2.95. The highest BCUT2D eigenvalue weighted by Crippen LogP contribution is 2.58. The molecule has 20 heavy (non-hydrogen) atoms. The zero-order valence-electron chi connectivity index (χ0n) is 12.6. The molecule has 0 bridgehead atoms. The average molecular weight is 305 g/mol. The number of hydrogen-bond donors (Lipinski definition) is 0. The van der Waals surface area contributed by atoms with Crippen LogP contribution in [0.25, 0.3) is 0 Å². The van der Waals surface area contributed by atoms with Crippen LogP contribution in [0.5, 0.6) is 0 Å². The molecule has 1 unspecified atom stereocenters. The minimum Gasteiger partial charge on any atom is -0.463 e. The van der Waals surface area contributed by atoms with Crippen LogP contribution in [0.15, 0.2) is 11.8 Å². The highest BCUT2D eigenvalue weighted by Gasteiger charge is 2.41. The van der Waals surface area contributed by atoms with E-state index in [0.717, 1.165) is 6.42 Å². The molecule has 0 aromatic carbocycles. The molecule has 116 valence electrons. The molecule has 0 radical (unpaired) electrons. The Morgan fingerprint density at radius 2 is 1.90 bits per heavy atom. The lowest BCUT2D eigenvalue weighted by molar-refractivity contribution is -0.137. The van der Waals surface area contributed by atoms with Crippen LogP contribution in [0.4, 0.5) is 0 Å². The fraction of sp³-hybridized carbons (Fsp3) is 0.769. The second-order valence-corrected chi connectivity index (χ2v) is 6.31. The SMILES string of the molecule is CCOC(=O)/C=C1\CCC(C)N1P(=O)(OCC)OCC. The number of hydrogen-bond acceptors (Lipinski definition) is 5. The first kappa shape index (κ1) is 17.2. The monoisotopic (exact) mass is 305 g/mol. The fourth-order valence-corrected chi connectivity index (χ4v) is 4.27. The second kappa shape index (κ2) is 7.81. The van der Waals surface area contributed by atoms with Gasteiger partial charge in [-0.2, -0.15) is 0 Å². The maximum absolute atomic E-state index is 12.9. The van der Waals surface area contributed by atoms with Crippen LogP contribution < -0.4 is 0 Å². The van der Waals surface area contributed by atoms with Crippen molar-refractivity contribution < 1.29 is 23.1 Å². The number of rotatable bonds is 7. The smallest absolute Gasteiger partial charge is 0.435 e. The lowest BCUT2D eigenvalue weighted by Crippen LogP contribution is -2.25. The van der Waals surface area contributed by atoms with Gasteiger partial charge in [0.2, 0.25) is 0 Å². The molecule has 1 heterocycles. The quantitative estimate of drug-likeness (QED) is 0.409. The van der Waals surface area contributed by atoms with E-state index < -0.39 is 13.7 Å². The molecule has 1 aliphatic heterocycles. The van der Waals surface area contributed by atoms with E-state index in [1.807, 2.05) is 6.92 Å². The van der Waals surface area contributed by atoms with Crippen molar-refractivity contribution in [2.45, 2.75) is 46.6 Å².